The summed E-state index contributed by atoms with van der Waals surface area (Å²) in [6, 6.07) is 4.30. The highest BCUT2D eigenvalue weighted by atomic mass is 16.4. The molecule has 0 saturated heterocycles. The standard InChI is InChI=1S/C12H8N2O5/c13-7-3-1-2-6-10(7)12(19)14(11(6)18)8(15)4-5-9(16)17/h1-5H,13H2,(H,16,17)/b5-4+. The Bertz CT molecular complexity index is 648. The lowest BCUT2D eigenvalue weighted by atomic mass is 10.1. The topological polar surface area (TPSA) is 118 Å². The second kappa shape index (κ2) is 4.37. The molecule has 96 valence electrons. The number of rotatable bonds is 2. The van der Waals surface area contributed by atoms with Crippen LogP contribution >= 0.6 is 0 Å². The Labute approximate surface area is 106 Å². The highest BCUT2D eigenvalue weighted by molar-refractivity contribution is 6.31. The fourth-order valence-corrected chi connectivity index (χ4v) is 1.73. The number of carboxylic acids is 1. The summed E-state index contributed by atoms with van der Waals surface area (Å²) in [6.45, 7) is 0. The summed E-state index contributed by atoms with van der Waals surface area (Å²) in [5.74, 6) is -4.04. The van der Waals surface area contributed by atoms with Gasteiger partial charge in [0, 0.05) is 17.8 Å². The molecule has 0 atom stereocenters. The van der Waals surface area contributed by atoms with E-state index < -0.39 is 23.7 Å². The Balaban J connectivity index is 2.41. The van der Waals surface area contributed by atoms with Crippen molar-refractivity contribution in [1.82, 2.24) is 4.90 Å². The summed E-state index contributed by atoms with van der Waals surface area (Å²) in [7, 11) is 0. The molecule has 0 fully saturated rings. The van der Waals surface area contributed by atoms with Crippen LogP contribution in [0.1, 0.15) is 20.7 Å². The smallest absolute Gasteiger partial charge is 0.328 e. The first kappa shape index (κ1) is 12.5. The van der Waals surface area contributed by atoms with Gasteiger partial charge >= 0.3 is 5.97 Å². The molecule has 3 N–H and O–H groups in total. The van der Waals surface area contributed by atoms with Gasteiger partial charge in [-0.15, -0.1) is 0 Å². The number of carbonyl (C=O) groups excluding carboxylic acids is 3. The predicted molar refractivity (Wildman–Crippen MR) is 63.1 cm³/mol. The number of nitrogens with zero attached hydrogens (tertiary/aromatic N) is 1. The Morgan fingerprint density at radius 1 is 1.16 bits per heavy atom. The minimum Gasteiger partial charge on any atom is -0.478 e. The van der Waals surface area contributed by atoms with Gasteiger partial charge in [0.25, 0.3) is 17.7 Å². The lowest BCUT2D eigenvalue weighted by Gasteiger charge is -2.08. The maximum atomic E-state index is 11.9. The summed E-state index contributed by atoms with van der Waals surface area (Å²) in [6.07, 6.45) is 1.19. The van der Waals surface area contributed by atoms with E-state index in [1.165, 1.54) is 18.2 Å². The zero-order valence-corrected chi connectivity index (χ0v) is 9.49. The highest BCUT2D eigenvalue weighted by Crippen LogP contribution is 2.27. The number of benzene rings is 1. The summed E-state index contributed by atoms with van der Waals surface area (Å²) in [4.78, 5) is 46.1. The molecule has 0 aliphatic carbocycles. The first-order chi connectivity index (χ1) is 8.93. The quantitative estimate of drug-likeness (QED) is 0.440. The van der Waals surface area contributed by atoms with E-state index in [0.717, 1.165) is 0 Å². The van der Waals surface area contributed by atoms with Crippen LogP contribution in [0, 0.1) is 0 Å². The number of aliphatic carboxylic acids is 1. The molecule has 19 heavy (non-hydrogen) atoms. The van der Waals surface area contributed by atoms with Gasteiger partial charge in [0.05, 0.1) is 11.1 Å². The summed E-state index contributed by atoms with van der Waals surface area (Å²) >= 11 is 0. The fraction of sp³-hybridized carbons (Fsp3) is 0. The Morgan fingerprint density at radius 2 is 1.84 bits per heavy atom. The molecule has 0 aromatic heterocycles. The van der Waals surface area contributed by atoms with Crippen LogP contribution in [0.3, 0.4) is 0 Å². The van der Waals surface area contributed by atoms with Crippen LogP contribution in [-0.4, -0.2) is 33.7 Å². The number of hydrogen-bond acceptors (Lipinski definition) is 5. The van der Waals surface area contributed by atoms with Gasteiger partial charge in [-0.3, -0.25) is 14.4 Å². The highest BCUT2D eigenvalue weighted by Gasteiger charge is 2.40. The van der Waals surface area contributed by atoms with Crippen LogP contribution in [0.2, 0.25) is 0 Å². The summed E-state index contributed by atoms with van der Waals surface area (Å²) < 4.78 is 0. The summed E-state index contributed by atoms with van der Waals surface area (Å²) in [5.41, 5.74) is 5.67. The fourth-order valence-electron chi connectivity index (χ4n) is 1.73. The van der Waals surface area contributed by atoms with Crippen molar-refractivity contribution in [2.45, 2.75) is 0 Å². The van der Waals surface area contributed by atoms with Gasteiger partial charge in [0.15, 0.2) is 0 Å². The summed E-state index contributed by atoms with van der Waals surface area (Å²) in [5, 5.41) is 8.41. The largest absolute Gasteiger partial charge is 0.478 e. The number of fused-ring (bicyclic) bond motifs is 1. The second-order valence-corrected chi connectivity index (χ2v) is 3.73. The minimum atomic E-state index is -1.36. The molecule has 1 aromatic rings. The average molecular weight is 260 g/mol. The van der Waals surface area contributed by atoms with Gasteiger partial charge in [-0.05, 0) is 12.1 Å². The van der Waals surface area contributed by atoms with Gasteiger partial charge in [-0.1, -0.05) is 6.07 Å². The van der Waals surface area contributed by atoms with Crippen LogP contribution in [0.5, 0.6) is 0 Å². The Kier molecular flexibility index (Phi) is 2.88. The minimum absolute atomic E-state index is 0.0297. The molecular weight excluding hydrogens is 252 g/mol. The second-order valence-electron chi connectivity index (χ2n) is 3.73. The van der Waals surface area contributed by atoms with Crippen molar-refractivity contribution in [1.29, 1.82) is 0 Å². The molecule has 1 aromatic carbocycles. The Morgan fingerprint density at radius 3 is 2.42 bits per heavy atom. The molecule has 0 saturated carbocycles. The maximum Gasteiger partial charge on any atom is 0.328 e. The number of carbonyl (C=O) groups is 4. The van der Waals surface area contributed by atoms with Gasteiger partial charge in [0.2, 0.25) is 0 Å². The maximum absolute atomic E-state index is 11.9. The van der Waals surface area contributed by atoms with E-state index in [1.807, 2.05) is 0 Å². The normalized spacial score (nSPS) is 14.0. The van der Waals surface area contributed by atoms with Crippen molar-refractivity contribution in [2.24, 2.45) is 0 Å². The monoisotopic (exact) mass is 260 g/mol. The number of amides is 3. The van der Waals surface area contributed by atoms with Crippen molar-refractivity contribution in [3.63, 3.8) is 0 Å². The predicted octanol–water partition coefficient (Wildman–Crippen LogP) is 0.0322. The zero-order chi connectivity index (χ0) is 14.2. The van der Waals surface area contributed by atoms with Crippen LogP contribution in [0.4, 0.5) is 5.69 Å². The number of imide groups is 3. The number of nitrogen functional groups attached to an aromatic ring is 1. The molecule has 3 amide bonds. The molecule has 2 rings (SSSR count). The molecule has 1 aliphatic heterocycles. The van der Waals surface area contributed by atoms with E-state index in [0.29, 0.717) is 17.1 Å². The third-order valence-electron chi connectivity index (χ3n) is 2.54. The van der Waals surface area contributed by atoms with Crippen molar-refractivity contribution < 1.29 is 24.3 Å². The van der Waals surface area contributed by atoms with Crippen molar-refractivity contribution in [3.8, 4) is 0 Å². The van der Waals surface area contributed by atoms with E-state index >= 15 is 0 Å². The lowest BCUT2D eigenvalue weighted by Crippen LogP contribution is -2.35. The molecule has 0 unspecified atom stereocenters. The molecule has 0 bridgehead atoms. The van der Waals surface area contributed by atoms with Crippen molar-refractivity contribution in [2.75, 3.05) is 5.73 Å². The van der Waals surface area contributed by atoms with E-state index in [1.54, 1.807) is 0 Å². The Hall–Kier alpha value is -2.96. The van der Waals surface area contributed by atoms with E-state index in [4.69, 9.17) is 10.8 Å². The van der Waals surface area contributed by atoms with Gasteiger partial charge in [-0.2, -0.15) is 0 Å². The third-order valence-corrected chi connectivity index (χ3v) is 2.54. The molecule has 7 heteroatoms. The molecular formula is C12H8N2O5. The average Bonchev–Trinajstić information content (AvgIpc) is 2.60. The first-order valence-electron chi connectivity index (χ1n) is 5.15. The SMILES string of the molecule is Nc1cccc2c1C(=O)N(C(=O)/C=C/C(=O)O)C2=O. The van der Waals surface area contributed by atoms with E-state index in [9.17, 15) is 19.2 Å². The zero-order valence-electron chi connectivity index (χ0n) is 9.49. The van der Waals surface area contributed by atoms with E-state index in [-0.39, 0.29) is 16.8 Å². The molecule has 0 radical (unpaired) electrons. The molecule has 7 nitrogen and oxygen atoms in total. The number of hydrogen-bond donors (Lipinski definition) is 2. The van der Waals surface area contributed by atoms with E-state index in [2.05, 4.69) is 0 Å². The third kappa shape index (κ3) is 1.97. The molecule has 1 aliphatic rings. The first-order valence-corrected chi connectivity index (χ1v) is 5.15. The number of anilines is 1. The van der Waals surface area contributed by atoms with Gasteiger partial charge in [0.1, 0.15) is 0 Å². The van der Waals surface area contributed by atoms with Gasteiger partial charge in [-0.25, -0.2) is 9.69 Å². The van der Waals surface area contributed by atoms with Crippen LogP contribution < -0.4 is 5.73 Å². The van der Waals surface area contributed by atoms with Crippen molar-refractivity contribution >= 4 is 29.4 Å². The van der Waals surface area contributed by atoms with Gasteiger partial charge < -0.3 is 10.8 Å². The lowest BCUT2D eigenvalue weighted by molar-refractivity contribution is -0.132. The van der Waals surface area contributed by atoms with Crippen LogP contribution in [-0.2, 0) is 9.59 Å². The molecule has 1 heterocycles. The van der Waals surface area contributed by atoms with Crippen LogP contribution in [0.15, 0.2) is 30.4 Å². The van der Waals surface area contributed by atoms with Crippen molar-refractivity contribution in [3.05, 3.63) is 41.5 Å². The van der Waals surface area contributed by atoms with Crippen LogP contribution in [0.25, 0.3) is 0 Å². The number of nitrogens with two attached hydrogens (primary N) is 1. The number of carboxylic acid groups (broad SMARTS) is 1. The molecule has 0 spiro atoms.